The Bertz CT molecular complexity index is 548. The van der Waals surface area contributed by atoms with E-state index >= 15 is 0 Å². The molecule has 0 radical (unpaired) electrons. The van der Waals surface area contributed by atoms with Crippen LogP contribution in [-0.4, -0.2) is 34.1 Å². The lowest BCUT2D eigenvalue weighted by Crippen LogP contribution is -2.41. The van der Waals surface area contributed by atoms with Gasteiger partial charge in [-0.1, -0.05) is 31.2 Å². The third kappa shape index (κ3) is 5.90. The summed E-state index contributed by atoms with van der Waals surface area (Å²) in [6.07, 6.45) is 2.97. The summed E-state index contributed by atoms with van der Waals surface area (Å²) in [5.74, 6) is -3.32. The number of nitrogens with one attached hydrogen (secondary N) is 1. The molecule has 1 amide bonds. The van der Waals surface area contributed by atoms with Crippen LogP contribution in [0.2, 0.25) is 0 Å². The molecular formula is C15H17NO5. The molecule has 1 atom stereocenters. The van der Waals surface area contributed by atoms with E-state index in [-0.39, 0.29) is 0 Å². The first-order valence-electron chi connectivity index (χ1n) is 6.44. The van der Waals surface area contributed by atoms with Crippen LogP contribution in [-0.2, 0) is 20.8 Å². The van der Waals surface area contributed by atoms with Gasteiger partial charge < -0.3 is 15.5 Å². The molecule has 1 aromatic rings. The van der Waals surface area contributed by atoms with Gasteiger partial charge in [0.15, 0.2) is 0 Å². The Morgan fingerprint density at radius 2 is 1.81 bits per heavy atom. The summed E-state index contributed by atoms with van der Waals surface area (Å²) >= 11 is 0. The maximum atomic E-state index is 11.6. The van der Waals surface area contributed by atoms with Gasteiger partial charge in [0, 0.05) is 6.08 Å². The predicted molar refractivity (Wildman–Crippen MR) is 76.7 cm³/mol. The number of carbonyl (C=O) groups is 3. The lowest BCUT2D eigenvalue weighted by atomic mass is 10.1. The Morgan fingerprint density at radius 3 is 2.29 bits per heavy atom. The summed E-state index contributed by atoms with van der Waals surface area (Å²) in [5, 5.41) is 19.5. The second kappa shape index (κ2) is 7.84. The van der Waals surface area contributed by atoms with Crippen LogP contribution >= 0.6 is 0 Å². The Kier molecular flexibility index (Phi) is 6.13. The van der Waals surface area contributed by atoms with Crippen molar-refractivity contribution < 1.29 is 24.6 Å². The van der Waals surface area contributed by atoms with Crippen LogP contribution in [0.3, 0.4) is 0 Å². The number of carboxylic acid groups (broad SMARTS) is 2. The van der Waals surface area contributed by atoms with E-state index in [1.165, 1.54) is 17.7 Å². The number of rotatable bonds is 7. The molecule has 0 unspecified atom stereocenters. The van der Waals surface area contributed by atoms with Crippen LogP contribution in [0.4, 0.5) is 0 Å². The van der Waals surface area contributed by atoms with Gasteiger partial charge in [0.1, 0.15) is 6.04 Å². The largest absolute Gasteiger partial charge is 0.481 e. The van der Waals surface area contributed by atoms with E-state index in [0.717, 1.165) is 12.0 Å². The fourth-order valence-electron chi connectivity index (χ4n) is 1.63. The summed E-state index contributed by atoms with van der Waals surface area (Å²) in [6, 6.07) is 6.11. The average Bonchev–Trinajstić information content (AvgIpc) is 2.44. The number of aliphatic carboxylic acids is 2. The predicted octanol–water partition coefficient (Wildman–Crippen LogP) is 1.31. The van der Waals surface area contributed by atoms with Gasteiger partial charge in [-0.25, -0.2) is 4.79 Å². The Morgan fingerprint density at radius 1 is 1.19 bits per heavy atom. The lowest BCUT2D eigenvalue weighted by molar-refractivity contribution is -0.146. The molecule has 0 saturated carbocycles. The highest BCUT2D eigenvalue weighted by molar-refractivity contribution is 5.95. The van der Waals surface area contributed by atoms with Crippen LogP contribution in [0, 0.1) is 0 Å². The van der Waals surface area contributed by atoms with Crippen LogP contribution in [0.25, 0.3) is 6.08 Å². The molecule has 0 fully saturated rings. The lowest BCUT2D eigenvalue weighted by Gasteiger charge is -2.10. The maximum absolute atomic E-state index is 11.6. The van der Waals surface area contributed by atoms with Gasteiger partial charge >= 0.3 is 11.9 Å². The minimum atomic E-state index is -1.44. The second-order valence-corrected chi connectivity index (χ2v) is 4.43. The van der Waals surface area contributed by atoms with Gasteiger partial charge in [-0.2, -0.15) is 0 Å². The quantitative estimate of drug-likeness (QED) is 0.657. The van der Waals surface area contributed by atoms with E-state index in [4.69, 9.17) is 10.2 Å². The van der Waals surface area contributed by atoms with Crippen molar-refractivity contribution in [3.63, 3.8) is 0 Å². The van der Waals surface area contributed by atoms with Gasteiger partial charge in [0.25, 0.3) is 0 Å². The molecule has 0 aromatic heterocycles. The molecule has 0 spiro atoms. The topological polar surface area (TPSA) is 104 Å². The monoisotopic (exact) mass is 291 g/mol. The fourth-order valence-corrected chi connectivity index (χ4v) is 1.63. The number of benzene rings is 1. The Balaban J connectivity index is 2.63. The highest BCUT2D eigenvalue weighted by atomic mass is 16.4. The average molecular weight is 291 g/mol. The minimum Gasteiger partial charge on any atom is -0.481 e. The molecule has 6 nitrogen and oxygen atoms in total. The zero-order valence-electron chi connectivity index (χ0n) is 11.6. The van der Waals surface area contributed by atoms with Crippen LogP contribution in [0.1, 0.15) is 24.5 Å². The number of amides is 1. The summed E-state index contributed by atoms with van der Waals surface area (Å²) in [5.41, 5.74) is 1.97. The molecule has 0 aliphatic heterocycles. The standard InChI is InChI=1S/C15H17NO5/c1-2-10-3-5-11(6-4-10)7-8-13(17)16-12(15(20)21)9-14(18)19/h3-8,12H,2,9H2,1H3,(H,16,17)(H,18,19)(H,20,21)/b8-7+/t12-/m1/s1. The fraction of sp³-hybridized carbons (Fsp3) is 0.267. The van der Waals surface area contributed by atoms with Gasteiger partial charge in [-0.15, -0.1) is 0 Å². The van der Waals surface area contributed by atoms with Crippen molar-refractivity contribution in [2.24, 2.45) is 0 Å². The van der Waals surface area contributed by atoms with Crippen LogP contribution < -0.4 is 5.32 Å². The molecule has 6 heteroatoms. The van der Waals surface area contributed by atoms with Crippen molar-refractivity contribution in [2.75, 3.05) is 0 Å². The Labute approximate surface area is 122 Å². The molecule has 0 saturated heterocycles. The highest BCUT2D eigenvalue weighted by Gasteiger charge is 2.21. The molecule has 112 valence electrons. The molecule has 3 N–H and O–H groups in total. The first kappa shape index (κ1) is 16.4. The first-order valence-corrected chi connectivity index (χ1v) is 6.44. The summed E-state index contributed by atoms with van der Waals surface area (Å²) in [7, 11) is 0. The molecule has 1 rings (SSSR count). The van der Waals surface area contributed by atoms with E-state index in [0.29, 0.717) is 0 Å². The molecule has 0 aliphatic carbocycles. The number of carbonyl (C=O) groups excluding carboxylic acids is 1. The smallest absolute Gasteiger partial charge is 0.326 e. The zero-order chi connectivity index (χ0) is 15.8. The van der Waals surface area contributed by atoms with Crippen molar-refractivity contribution in [1.29, 1.82) is 0 Å². The third-order valence-electron chi connectivity index (χ3n) is 2.81. The third-order valence-corrected chi connectivity index (χ3v) is 2.81. The van der Waals surface area contributed by atoms with Crippen molar-refractivity contribution in [2.45, 2.75) is 25.8 Å². The van der Waals surface area contributed by atoms with Crippen LogP contribution in [0.5, 0.6) is 0 Å². The number of aryl methyl sites for hydroxylation is 1. The van der Waals surface area contributed by atoms with E-state index in [1.807, 2.05) is 31.2 Å². The second-order valence-electron chi connectivity index (χ2n) is 4.43. The highest BCUT2D eigenvalue weighted by Crippen LogP contribution is 2.06. The number of carboxylic acids is 2. The molecule has 0 heterocycles. The van der Waals surface area contributed by atoms with Gasteiger partial charge in [-0.3, -0.25) is 9.59 Å². The summed E-state index contributed by atoms with van der Waals surface area (Å²) in [6.45, 7) is 2.03. The molecule has 21 heavy (non-hydrogen) atoms. The van der Waals surface area contributed by atoms with E-state index < -0.39 is 30.3 Å². The van der Waals surface area contributed by atoms with Crippen molar-refractivity contribution in [3.05, 3.63) is 41.5 Å². The molecular weight excluding hydrogens is 274 g/mol. The number of hydrogen-bond acceptors (Lipinski definition) is 3. The van der Waals surface area contributed by atoms with Crippen molar-refractivity contribution in [3.8, 4) is 0 Å². The molecule has 1 aromatic carbocycles. The summed E-state index contributed by atoms with van der Waals surface area (Å²) < 4.78 is 0. The SMILES string of the molecule is CCc1ccc(/C=C/C(=O)N[C@H](CC(=O)O)C(=O)O)cc1. The van der Waals surface area contributed by atoms with E-state index in [1.54, 1.807) is 0 Å². The van der Waals surface area contributed by atoms with Crippen molar-refractivity contribution >= 4 is 23.9 Å². The Hall–Kier alpha value is -2.63. The minimum absolute atomic E-state index is 0.650. The van der Waals surface area contributed by atoms with Gasteiger partial charge in [-0.05, 0) is 23.6 Å². The first-order chi connectivity index (χ1) is 9.92. The molecule has 0 aliphatic rings. The van der Waals surface area contributed by atoms with E-state index in [9.17, 15) is 14.4 Å². The zero-order valence-corrected chi connectivity index (χ0v) is 11.6. The normalized spacial score (nSPS) is 12.0. The number of hydrogen-bond donors (Lipinski definition) is 3. The van der Waals surface area contributed by atoms with Crippen LogP contribution in [0.15, 0.2) is 30.3 Å². The van der Waals surface area contributed by atoms with E-state index in [2.05, 4.69) is 5.32 Å². The van der Waals surface area contributed by atoms with Gasteiger partial charge in [0.05, 0.1) is 6.42 Å². The maximum Gasteiger partial charge on any atom is 0.326 e. The molecule has 0 bridgehead atoms. The summed E-state index contributed by atoms with van der Waals surface area (Å²) in [4.78, 5) is 32.9. The van der Waals surface area contributed by atoms with Gasteiger partial charge in [0.2, 0.25) is 5.91 Å². The van der Waals surface area contributed by atoms with Crippen molar-refractivity contribution in [1.82, 2.24) is 5.32 Å².